The highest BCUT2D eigenvalue weighted by molar-refractivity contribution is 5.84. The van der Waals surface area contributed by atoms with Crippen molar-refractivity contribution < 1.29 is 4.74 Å². The topological polar surface area (TPSA) is 45.9 Å². The van der Waals surface area contributed by atoms with Gasteiger partial charge in [-0.2, -0.15) is 9.61 Å². The first-order valence-electron chi connectivity index (χ1n) is 11.6. The third kappa shape index (κ3) is 3.78. The van der Waals surface area contributed by atoms with Gasteiger partial charge in [0.2, 0.25) is 0 Å². The molecule has 1 aromatic carbocycles. The highest BCUT2D eigenvalue weighted by Gasteiger charge is 2.27. The van der Waals surface area contributed by atoms with Crippen LogP contribution in [0.2, 0.25) is 0 Å². The van der Waals surface area contributed by atoms with Crippen molar-refractivity contribution in [3.05, 3.63) is 41.7 Å². The number of piperazine rings is 1. The second kappa shape index (κ2) is 8.50. The maximum atomic E-state index is 5.64. The van der Waals surface area contributed by atoms with Gasteiger partial charge in [-0.25, -0.2) is 4.98 Å². The molecule has 1 saturated carbocycles. The van der Waals surface area contributed by atoms with Crippen LogP contribution in [0, 0.1) is 13.8 Å². The molecule has 0 amide bonds. The molecule has 0 spiro atoms. The fraction of sp³-hybridized carbons (Fsp3) is 0.520. The summed E-state index contributed by atoms with van der Waals surface area (Å²) in [5.74, 6) is 2.00. The monoisotopic (exact) mass is 419 g/mol. The van der Waals surface area contributed by atoms with Gasteiger partial charge in [-0.15, -0.1) is 0 Å². The van der Waals surface area contributed by atoms with Crippen LogP contribution in [0.5, 0.6) is 5.75 Å². The van der Waals surface area contributed by atoms with Crippen LogP contribution in [-0.4, -0.2) is 58.8 Å². The van der Waals surface area contributed by atoms with Crippen molar-refractivity contribution in [2.45, 2.75) is 52.0 Å². The quantitative estimate of drug-likeness (QED) is 0.624. The van der Waals surface area contributed by atoms with Crippen molar-refractivity contribution in [2.24, 2.45) is 0 Å². The van der Waals surface area contributed by atoms with Crippen LogP contribution in [0.25, 0.3) is 16.8 Å². The van der Waals surface area contributed by atoms with Crippen LogP contribution in [0.3, 0.4) is 0 Å². The van der Waals surface area contributed by atoms with Crippen LogP contribution in [-0.2, 0) is 0 Å². The Morgan fingerprint density at radius 3 is 2.45 bits per heavy atom. The molecule has 6 heteroatoms. The minimum atomic E-state index is 0.791. The second-order valence-corrected chi connectivity index (χ2v) is 8.97. The Morgan fingerprint density at radius 1 is 0.968 bits per heavy atom. The average molecular weight is 420 g/mol. The highest BCUT2D eigenvalue weighted by atomic mass is 16.5. The van der Waals surface area contributed by atoms with Gasteiger partial charge in [-0.1, -0.05) is 37.5 Å². The van der Waals surface area contributed by atoms with E-state index in [4.69, 9.17) is 14.8 Å². The standard InChI is InChI=1S/C25H33N5O/c1-18-17-23(29-15-13-28(14-16-29)20-9-5-4-6-10-20)30-25(26-18)24(19(2)27-30)21-11-7-8-12-22(21)31-3/h7-8,11-12,17,20H,4-6,9-10,13-16H2,1-3H3. The number of para-hydroxylation sites is 1. The largest absolute Gasteiger partial charge is 0.496 e. The molecule has 5 rings (SSSR count). The molecule has 2 aliphatic rings. The van der Waals surface area contributed by atoms with E-state index in [-0.39, 0.29) is 0 Å². The minimum absolute atomic E-state index is 0.791. The lowest BCUT2D eigenvalue weighted by atomic mass is 9.94. The molecule has 3 aromatic rings. The molecule has 1 aliphatic carbocycles. The number of ether oxygens (including phenoxy) is 1. The Morgan fingerprint density at radius 2 is 1.71 bits per heavy atom. The van der Waals surface area contributed by atoms with Crippen molar-refractivity contribution in [3.8, 4) is 16.9 Å². The predicted octanol–water partition coefficient (Wildman–Crippen LogP) is 4.48. The zero-order chi connectivity index (χ0) is 21.4. The third-order valence-electron chi connectivity index (χ3n) is 6.98. The molecule has 31 heavy (non-hydrogen) atoms. The van der Waals surface area contributed by atoms with Crippen molar-refractivity contribution in [1.82, 2.24) is 19.5 Å². The number of fused-ring (bicyclic) bond motifs is 1. The van der Waals surface area contributed by atoms with E-state index in [1.807, 2.05) is 22.7 Å². The number of aryl methyl sites for hydroxylation is 2. The van der Waals surface area contributed by atoms with Gasteiger partial charge in [0.05, 0.1) is 18.4 Å². The molecule has 2 aromatic heterocycles. The molecule has 0 bridgehead atoms. The zero-order valence-electron chi connectivity index (χ0n) is 19.0. The summed E-state index contributed by atoms with van der Waals surface area (Å²) in [4.78, 5) is 10.1. The normalized spacial score (nSPS) is 18.6. The summed E-state index contributed by atoms with van der Waals surface area (Å²) in [5.41, 5.74) is 5.01. The first-order valence-corrected chi connectivity index (χ1v) is 11.6. The Hall–Kier alpha value is -2.60. The summed E-state index contributed by atoms with van der Waals surface area (Å²) in [7, 11) is 1.72. The maximum Gasteiger partial charge on any atom is 0.165 e. The van der Waals surface area contributed by atoms with E-state index < -0.39 is 0 Å². The van der Waals surface area contributed by atoms with Crippen LogP contribution in [0.15, 0.2) is 30.3 Å². The fourth-order valence-electron chi connectivity index (χ4n) is 5.38. The van der Waals surface area contributed by atoms with Crippen LogP contribution < -0.4 is 9.64 Å². The van der Waals surface area contributed by atoms with E-state index in [2.05, 4.69) is 35.8 Å². The SMILES string of the molecule is COc1ccccc1-c1c(C)nn2c(N3CCN(C4CCCCC4)CC3)cc(C)nc12. The van der Waals surface area contributed by atoms with Crippen molar-refractivity contribution >= 4 is 11.5 Å². The molecule has 0 N–H and O–H groups in total. The number of anilines is 1. The van der Waals surface area contributed by atoms with Crippen LogP contribution in [0.1, 0.15) is 43.5 Å². The Bertz CT molecular complexity index is 1060. The van der Waals surface area contributed by atoms with Gasteiger partial charge in [-0.3, -0.25) is 4.90 Å². The van der Waals surface area contributed by atoms with E-state index in [0.29, 0.717) is 0 Å². The smallest absolute Gasteiger partial charge is 0.165 e. The van der Waals surface area contributed by atoms with E-state index >= 15 is 0 Å². The molecule has 1 saturated heterocycles. The summed E-state index contributed by atoms with van der Waals surface area (Å²) in [5, 5.41) is 4.93. The summed E-state index contributed by atoms with van der Waals surface area (Å²) in [6, 6.07) is 11.1. The van der Waals surface area contributed by atoms with Gasteiger partial charge in [0.15, 0.2) is 5.65 Å². The fourth-order valence-corrected chi connectivity index (χ4v) is 5.38. The maximum absolute atomic E-state index is 5.64. The summed E-state index contributed by atoms with van der Waals surface area (Å²) >= 11 is 0. The lowest BCUT2D eigenvalue weighted by molar-refractivity contribution is 0.147. The van der Waals surface area contributed by atoms with Gasteiger partial charge in [0.25, 0.3) is 0 Å². The van der Waals surface area contributed by atoms with Crippen molar-refractivity contribution in [3.63, 3.8) is 0 Å². The molecule has 0 radical (unpaired) electrons. The number of aromatic nitrogens is 3. The zero-order valence-corrected chi connectivity index (χ0v) is 19.0. The molecular formula is C25H33N5O. The molecule has 0 atom stereocenters. The lowest BCUT2D eigenvalue weighted by Gasteiger charge is -2.41. The molecule has 6 nitrogen and oxygen atoms in total. The number of nitrogens with zero attached hydrogens (tertiary/aromatic N) is 5. The first-order chi connectivity index (χ1) is 15.2. The van der Waals surface area contributed by atoms with Gasteiger partial charge in [0, 0.05) is 49.5 Å². The van der Waals surface area contributed by atoms with E-state index in [1.165, 1.54) is 32.1 Å². The molecule has 0 unspecified atom stereocenters. The van der Waals surface area contributed by atoms with E-state index in [1.54, 1.807) is 7.11 Å². The van der Waals surface area contributed by atoms with Crippen LogP contribution in [0.4, 0.5) is 5.82 Å². The van der Waals surface area contributed by atoms with Gasteiger partial charge >= 0.3 is 0 Å². The summed E-state index contributed by atoms with van der Waals surface area (Å²) in [6.45, 7) is 8.49. The molecule has 3 heterocycles. The third-order valence-corrected chi connectivity index (χ3v) is 6.98. The highest BCUT2D eigenvalue weighted by Crippen LogP contribution is 2.36. The summed E-state index contributed by atoms with van der Waals surface area (Å²) in [6.07, 6.45) is 6.96. The Balaban J connectivity index is 1.48. The first kappa shape index (κ1) is 20.3. The lowest BCUT2D eigenvalue weighted by Crippen LogP contribution is -2.51. The van der Waals surface area contributed by atoms with Crippen LogP contribution >= 0.6 is 0 Å². The molecule has 164 valence electrons. The molecule has 1 aliphatic heterocycles. The summed E-state index contributed by atoms with van der Waals surface area (Å²) < 4.78 is 7.68. The number of hydrogen-bond acceptors (Lipinski definition) is 5. The minimum Gasteiger partial charge on any atom is -0.496 e. The predicted molar refractivity (Wildman–Crippen MR) is 125 cm³/mol. The van der Waals surface area contributed by atoms with Gasteiger partial charge < -0.3 is 9.64 Å². The second-order valence-electron chi connectivity index (χ2n) is 8.97. The van der Waals surface area contributed by atoms with Gasteiger partial charge in [-0.05, 0) is 32.8 Å². The number of rotatable bonds is 4. The Labute approximate surface area is 184 Å². The average Bonchev–Trinajstić information content (AvgIpc) is 3.14. The van der Waals surface area contributed by atoms with Crippen molar-refractivity contribution in [2.75, 3.05) is 38.2 Å². The number of hydrogen-bond donors (Lipinski definition) is 0. The molecular weight excluding hydrogens is 386 g/mol. The molecule has 2 fully saturated rings. The van der Waals surface area contributed by atoms with Gasteiger partial charge in [0.1, 0.15) is 11.6 Å². The van der Waals surface area contributed by atoms with Crippen molar-refractivity contribution in [1.29, 1.82) is 0 Å². The number of benzene rings is 1. The van der Waals surface area contributed by atoms with E-state index in [0.717, 1.165) is 72.0 Å². The van der Waals surface area contributed by atoms with E-state index in [9.17, 15) is 0 Å². The number of methoxy groups -OCH3 is 1. The Kier molecular flexibility index (Phi) is 5.57.